The van der Waals surface area contributed by atoms with E-state index >= 15 is 0 Å². The first-order valence-electron chi connectivity index (χ1n) is 9.12. The summed E-state index contributed by atoms with van der Waals surface area (Å²) in [6, 6.07) is 0. The molecule has 0 bridgehead atoms. The maximum absolute atomic E-state index is 2.65. The molecule has 0 amide bonds. The van der Waals surface area contributed by atoms with Crippen molar-refractivity contribution >= 4 is 24.2 Å². The Kier molecular flexibility index (Phi) is 6.05. The molecule has 0 heterocycles. The van der Waals surface area contributed by atoms with Crippen LogP contribution in [-0.2, 0) is 0 Å². The van der Waals surface area contributed by atoms with Gasteiger partial charge in [0, 0.05) is 16.1 Å². The lowest BCUT2D eigenvalue weighted by Crippen LogP contribution is -2.71. The van der Waals surface area contributed by atoms with Gasteiger partial charge in [0.1, 0.15) is 0 Å². The van der Waals surface area contributed by atoms with Gasteiger partial charge in [-0.25, -0.2) is 0 Å². The lowest BCUT2D eigenvalue weighted by atomic mass is 10.2. The molecule has 0 saturated heterocycles. The van der Waals surface area contributed by atoms with Crippen molar-refractivity contribution in [1.29, 1.82) is 0 Å². The second-order valence-electron chi connectivity index (χ2n) is 12.7. The lowest BCUT2D eigenvalue weighted by molar-refractivity contribution is 0.528. The molecule has 0 rings (SSSR count). The van der Waals surface area contributed by atoms with Gasteiger partial charge in [0.25, 0.3) is 0 Å². The summed E-state index contributed by atoms with van der Waals surface area (Å²) in [5, 5.41) is 1.28. The van der Waals surface area contributed by atoms with Crippen LogP contribution in [0.15, 0.2) is 0 Å². The second kappa shape index (κ2) is 5.87. The van der Waals surface area contributed by atoms with Crippen LogP contribution < -0.4 is 0 Å². The average Bonchev–Trinajstić information content (AvgIpc) is 2.02. The van der Waals surface area contributed by atoms with Crippen LogP contribution in [0, 0.1) is 0 Å². The highest BCUT2D eigenvalue weighted by atomic mass is 28.5. The molecule has 0 spiro atoms. The smallest absolute Gasteiger partial charge is 0.0676 e. The molecular weight excluding hydrogens is 312 g/mol. The fraction of sp³-hybridized carbons (Fsp3) is 1.00. The van der Waals surface area contributed by atoms with Crippen molar-refractivity contribution in [2.24, 2.45) is 0 Å². The van der Waals surface area contributed by atoms with Gasteiger partial charge in [0.2, 0.25) is 0 Å². The summed E-state index contributed by atoms with van der Waals surface area (Å²) in [6.45, 7) is 39.1. The predicted molar refractivity (Wildman–Crippen MR) is 115 cm³/mol. The topological polar surface area (TPSA) is 0 Å². The molecule has 0 aliphatic rings. The first-order valence-corrected chi connectivity index (χ1v) is 18.3. The Hall–Kier alpha value is 0.651. The average molecular weight is 359 g/mol. The van der Waals surface area contributed by atoms with Crippen LogP contribution in [-0.4, -0.2) is 24.2 Å². The van der Waals surface area contributed by atoms with Crippen molar-refractivity contribution in [2.45, 2.75) is 121 Å². The zero-order valence-electron chi connectivity index (χ0n) is 18.6. The Morgan fingerprint density at radius 3 is 0.682 bits per heavy atom. The fourth-order valence-corrected chi connectivity index (χ4v) is 45.2. The molecular formula is C19H46Si3. The first-order chi connectivity index (χ1) is 9.12. The molecule has 0 atom stereocenters. The van der Waals surface area contributed by atoms with E-state index in [0.717, 1.165) is 4.79 Å². The van der Waals surface area contributed by atoms with E-state index in [1.54, 1.807) is 0 Å². The van der Waals surface area contributed by atoms with E-state index in [9.17, 15) is 0 Å². The van der Waals surface area contributed by atoms with Gasteiger partial charge < -0.3 is 0 Å². The molecule has 0 nitrogen and oxygen atoms in total. The fourth-order valence-electron chi connectivity index (χ4n) is 7.27. The molecule has 0 aromatic heterocycles. The monoisotopic (exact) mass is 358 g/mol. The van der Waals surface area contributed by atoms with Gasteiger partial charge in [-0.3, -0.25) is 0 Å². The van der Waals surface area contributed by atoms with Gasteiger partial charge >= 0.3 is 0 Å². The molecule has 0 N–H and O–H groups in total. The van der Waals surface area contributed by atoms with E-state index in [-0.39, 0.29) is 0 Å². The summed E-state index contributed by atoms with van der Waals surface area (Å²) < 4.78 is 0. The van der Waals surface area contributed by atoms with Gasteiger partial charge in [0.05, 0.1) is 8.07 Å². The number of rotatable bonds is 3. The number of hydrogen-bond acceptors (Lipinski definition) is 0. The molecule has 134 valence electrons. The SMILES string of the molecule is CC(C)(C)[Si](C([Si](C)(C)C)[Si](C)(C)C)(C(C)(C)C)C(C)(C)C. The Morgan fingerprint density at radius 2 is 0.636 bits per heavy atom. The molecule has 3 heteroatoms. The highest BCUT2D eigenvalue weighted by Crippen LogP contribution is 2.69. The van der Waals surface area contributed by atoms with Crippen molar-refractivity contribution in [1.82, 2.24) is 0 Å². The van der Waals surface area contributed by atoms with Crippen LogP contribution in [0.25, 0.3) is 0 Å². The van der Waals surface area contributed by atoms with Crippen LogP contribution in [0.1, 0.15) is 62.3 Å². The largest absolute Gasteiger partial charge is 0.0698 e. The van der Waals surface area contributed by atoms with Gasteiger partial charge in [0.15, 0.2) is 0 Å². The van der Waals surface area contributed by atoms with Crippen LogP contribution in [0.3, 0.4) is 0 Å². The Bertz CT molecular complexity index is 325. The summed E-state index contributed by atoms with van der Waals surface area (Å²) >= 11 is 0. The van der Waals surface area contributed by atoms with Crippen molar-refractivity contribution in [2.75, 3.05) is 0 Å². The summed E-state index contributed by atoms with van der Waals surface area (Å²) in [6.07, 6.45) is 0. The third-order valence-electron chi connectivity index (χ3n) is 5.71. The van der Waals surface area contributed by atoms with Crippen molar-refractivity contribution in [3.05, 3.63) is 0 Å². The van der Waals surface area contributed by atoms with Gasteiger partial charge in [-0.15, -0.1) is 0 Å². The summed E-state index contributed by atoms with van der Waals surface area (Å²) in [7, 11) is -4.20. The van der Waals surface area contributed by atoms with E-state index in [1.807, 2.05) is 0 Å². The van der Waals surface area contributed by atoms with E-state index in [0.29, 0.717) is 15.1 Å². The second-order valence-corrected chi connectivity index (χ2v) is 31.8. The maximum Gasteiger partial charge on any atom is 0.0676 e. The molecule has 0 saturated carbocycles. The molecule has 0 aromatic carbocycles. The Morgan fingerprint density at radius 1 is 0.455 bits per heavy atom. The molecule has 22 heavy (non-hydrogen) atoms. The van der Waals surface area contributed by atoms with E-state index in [4.69, 9.17) is 0 Å². The van der Waals surface area contributed by atoms with Crippen LogP contribution >= 0.6 is 0 Å². The minimum Gasteiger partial charge on any atom is -0.0698 e. The summed E-state index contributed by atoms with van der Waals surface area (Å²) in [5.74, 6) is 0. The van der Waals surface area contributed by atoms with Gasteiger partial charge in [-0.2, -0.15) is 0 Å². The normalized spacial score (nSPS) is 16.4. The summed E-state index contributed by atoms with van der Waals surface area (Å²) in [4.78, 5) is 1.02. The zero-order chi connectivity index (χ0) is 18.6. The molecule has 0 aliphatic heterocycles. The summed E-state index contributed by atoms with van der Waals surface area (Å²) in [5.41, 5.74) is 0. The third-order valence-corrected chi connectivity index (χ3v) is 30.1. The highest BCUT2D eigenvalue weighted by molar-refractivity contribution is 7.15. The minimum absolute atomic E-state index is 0.425. The predicted octanol–water partition coefficient (Wildman–Crippen LogP) is 7.96. The first kappa shape index (κ1) is 22.7. The highest BCUT2D eigenvalue weighted by Gasteiger charge is 2.67. The zero-order valence-corrected chi connectivity index (χ0v) is 21.6. The minimum atomic E-state index is -1.68. The van der Waals surface area contributed by atoms with Crippen LogP contribution in [0.4, 0.5) is 0 Å². The van der Waals surface area contributed by atoms with Crippen molar-refractivity contribution < 1.29 is 0 Å². The lowest BCUT2D eigenvalue weighted by Gasteiger charge is -2.68. The molecule has 0 unspecified atom stereocenters. The molecule has 0 aliphatic carbocycles. The Balaban J connectivity index is 7.05. The number of hydrogen-bond donors (Lipinski definition) is 0. The van der Waals surface area contributed by atoms with E-state index in [2.05, 4.69) is 102 Å². The van der Waals surface area contributed by atoms with Gasteiger partial charge in [-0.1, -0.05) is 106 Å². The van der Waals surface area contributed by atoms with Crippen molar-refractivity contribution in [3.63, 3.8) is 0 Å². The molecule has 0 radical (unpaired) electrons. The van der Waals surface area contributed by atoms with Crippen molar-refractivity contribution in [3.8, 4) is 0 Å². The van der Waals surface area contributed by atoms with E-state index < -0.39 is 24.2 Å². The standard InChI is InChI=1S/C19H46Si3/c1-17(2,3)22(18(4,5)6,19(7,8)9)16(20(10,11)12)21(13,14)15/h16H,1-15H3. The third kappa shape index (κ3) is 3.83. The maximum atomic E-state index is 2.65. The van der Waals surface area contributed by atoms with Crippen LogP contribution in [0.2, 0.25) is 59.2 Å². The van der Waals surface area contributed by atoms with Gasteiger partial charge in [-0.05, 0) is 15.1 Å². The molecule has 0 aromatic rings. The Labute approximate surface area is 145 Å². The van der Waals surface area contributed by atoms with E-state index in [1.165, 1.54) is 0 Å². The van der Waals surface area contributed by atoms with Crippen LogP contribution in [0.5, 0.6) is 0 Å². The molecule has 0 fully saturated rings. The quantitative estimate of drug-likeness (QED) is 0.449.